The second-order valence-corrected chi connectivity index (χ2v) is 8.32. The van der Waals surface area contributed by atoms with Crippen molar-refractivity contribution in [1.82, 2.24) is 20.0 Å². The number of carbonyl (C=O) groups excluding carboxylic acids is 1. The summed E-state index contributed by atoms with van der Waals surface area (Å²) in [6.07, 6.45) is 1.32. The van der Waals surface area contributed by atoms with E-state index in [1.807, 2.05) is 44.2 Å². The van der Waals surface area contributed by atoms with E-state index in [-0.39, 0.29) is 17.5 Å². The van der Waals surface area contributed by atoms with Crippen molar-refractivity contribution >= 4 is 28.4 Å². The molecule has 168 valence electrons. The number of aromatic nitrogens is 4. The molecule has 3 aromatic heterocycles. The van der Waals surface area contributed by atoms with Crippen molar-refractivity contribution in [3.05, 3.63) is 70.3 Å². The predicted molar refractivity (Wildman–Crippen MR) is 125 cm³/mol. The van der Waals surface area contributed by atoms with E-state index in [1.54, 1.807) is 22.9 Å². The number of benzene rings is 1. The van der Waals surface area contributed by atoms with E-state index < -0.39 is 5.63 Å². The number of carbonyl (C=O) groups is 1. The quantitative estimate of drug-likeness (QED) is 0.482. The molecule has 4 heterocycles. The fourth-order valence-corrected chi connectivity index (χ4v) is 4.22. The van der Waals surface area contributed by atoms with Crippen molar-refractivity contribution < 1.29 is 9.21 Å². The van der Waals surface area contributed by atoms with Crippen molar-refractivity contribution in [2.24, 2.45) is 5.92 Å². The number of anilines is 2. The fraction of sp³-hybridized carbons (Fsp3) is 0.292. The van der Waals surface area contributed by atoms with Gasteiger partial charge < -0.3 is 14.6 Å². The molecular weight excluding hydrogens is 420 g/mol. The Morgan fingerprint density at radius 3 is 2.45 bits per heavy atom. The summed E-state index contributed by atoms with van der Waals surface area (Å²) >= 11 is 0. The van der Waals surface area contributed by atoms with Crippen LogP contribution in [-0.2, 0) is 4.79 Å². The Hall–Kier alpha value is -4.01. The molecule has 1 amide bonds. The van der Waals surface area contributed by atoms with Gasteiger partial charge >= 0.3 is 5.63 Å². The number of nitrogens with zero attached hydrogens (tertiary/aromatic N) is 5. The fourth-order valence-electron chi connectivity index (χ4n) is 4.22. The molecule has 0 unspecified atom stereocenters. The van der Waals surface area contributed by atoms with Gasteiger partial charge in [-0.15, -0.1) is 10.2 Å². The Morgan fingerprint density at radius 2 is 1.76 bits per heavy atom. The molecule has 0 aliphatic carbocycles. The number of aryl methyl sites for hydroxylation is 2. The molecular formula is C24H24N6O3. The number of rotatable bonds is 4. The highest BCUT2D eigenvalue weighted by atomic mass is 16.4. The van der Waals surface area contributed by atoms with Crippen molar-refractivity contribution in [3.63, 3.8) is 0 Å². The topological polar surface area (TPSA) is 106 Å². The molecule has 0 spiro atoms. The zero-order valence-electron chi connectivity index (χ0n) is 18.5. The first-order valence-corrected chi connectivity index (χ1v) is 10.9. The molecule has 1 saturated heterocycles. The number of amides is 1. The standard InChI is InChI=1S/C24H24N6O3/c1-15-13-16(2)30(28-15)22-8-7-21(26-27-22)29-11-9-17(10-12-29)23(31)25-19-14-18-5-3-4-6-20(18)33-24(19)32/h3-8,13-14,17H,9-12H2,1-2H3,(H,25,31). The molecule has 1 aromatic carbocycles. The van der Waals surface area contributed by atoms with Crippen molar-refractivity contribution in [2.75, 3.05) is 23.3 Å². The van der Waals surface area contributed by atoms with Crippen LogP contribution in [0.5, 0.6) is 0 Å². The van der Waals surface area contributed by atoms with Crippen LogP contribution in [0.25, 0.3) is 16.8 Å². The van der Waals surface area contributed by atoms with Crippen LogP contribution in [0.2, 0.25) is 0 Å². The highest BCUT2D eigenvalue weighted by molar-refractivity contribution is 5.94. The van der Waals surface area contributed by atoms with Gasteiger partial charge in [0.15, 0.2) is 11.6 Å². The SMILES string of the molecule is Cc1cc(C)n(-c2ccc(N3CCC(C(=O)Nc4cc5ccccc5oc4=O)CC3)nn2)n1. The third-order valence-corrected chi connectivity index (χ3v) is 5.95. The van der Waals surface area contributed by atoms with Gasteiger partial charge in [-0.2, -0.15) is 5.10 Å². The second-order valence-electron chi connectivity index (χ2n) is 8.32. The van der Waals surface area contributed by atoms with Crippen LogP contribution in [0.1, 0.15) is 24.2 Å². The molecule has 0 atom stereocenters. The van der Waals surface area contributed by atoms with Gasteiger partial charge in [-0.1, -0.05) is 18.2 Å². The van der Waals surface area contributed by atoms with Crippen LogP contribution < -0.4 is 15.8 Å². The lowest BCUT2D eigenvalue weighted by atomic mass is 9.96. The molecule has 33 heavy (non-hydrogen) atoms. The predicted octanol–water partition coefficient (Wildman–Crippen LogP) is 3.24. The lowest BCUT2D eigenvalue weighted by molar-refractivity contribution is -0.120. The van der Waals surface area contributed by atoms with Crippen molar-refractivity contribution in [1.29, 1.82) is 0 Å². The van der Waals surface area contributed by atoms with Gasteiger partial charge in [0.1, 0.15) is 11.3 Å². The second kappa shape index (κ2) is 8.50. The van der Waals surface area contributed by atoms with Gasteiger partial charge in [-0.05, 0) is 57.0 Å². The summed E-state index contributed by atoms with van der Waals surface area (Å²) in [4.78, 5) is 27.1. The number of piperidine rings is 1. The van der Waals surface area contributed by atoms with Gasteiger partial charge in [0, 0.05) is 30.1 Å². The van der Waals surface area contributed by atoms with E-state index in [0.29, 0.717) is 37.3 Å². The normalized spacial score (nSPS) is 14.5. The van der Waals surface area contributed by atoms with E-state index in [4.69, 9.17) is 4.42 Å². The summed E-state index contributed by atoms with van der Waals surface area (Å²) in [6, 6.07) is 14.7. The summed E-state index contributed by atoms with van der Waals surface area (Å²) in [6.45, 7) is 5.28. The lowest BCUT2D eigenvalue weighted by Gasteiger charge is -2.31. The molecule has 1 N–H and O–H groups in total. The molecule has 9 nitrogen and oxygen atoms in total. The van der Waals surface area contributed by atoms with Gasteiger partial charge in [0.2, 0.25) is 5.91 Å². The number of hydrogen-bond acceptors (Lipinski definition) is 7. The Bertz CT molecular complexity index is 1370. The van der Waals surface area contributed by atoms with E-state index >= 15 is 0 Å². The van der Waals surface area contributed by atoms with E-state index in [0.717, 1.165) is 22.6 Å². The Kier molecular flexibility index (Phi) is 5.37. The van der Waals surface area contributed by atoms with Gasteiger partial charge in [0.05, 0.1) is 5.69 Å². The third-order valence-electron chi connectivity index (χ3n) is 5.95. The van der Waals surface area contributed by atoms with E-state index in [2.05, 4.69) is 25.5 Å². The summed E-state index contributed by atoms with van der Waals surface area (Å²) < 4.78 is 7.08. The number of para-hydroxylation sites is 1. The van der Waals surface area contributed by atoms with Crippen molar-refractivity contribution in [3.8, 4) is 5.82 Å². The molecule has 1 fully saturated rings. The molecule has 0 saturated carbocycles. The molecule has 0 radical (unpaired) electrons. The number of fused-ring (bicyclic) bond motifs is 1. The first-order chi connectivity index (χ1) is 16.0. The molecule has 4 aromatic rings. The van der Waals surface area contributed by atoms with Crippen LogP contribution in [0.3, 0.4) is 0 Å². The third kappa shape index (κ3) is 4.21. The van der Waals surface area contributed by atoms with Crippen LogP contribution in [0, 0.1) is 19.8 Å². The van der Waals surface area contributed by atoms with Crippen LogP contribution in [0.15, 0.2) is 57.7 Å². The summed E-state index contributed by atoms with van der Waals surface area (Å²) in [5, 5.41) is 16.7. The zero-order valence-corrected chi connectivity index (χ0v) is 18.5. The summed E-state index contributed by atoms with van der Waals surface area (Å²) in [7, 11) is 0. The molecule has 5 rings (SSSR count). The Balaban J connectivity index is 1.22. The first-order valence-electron chi connectivity index (χ1n) is 10.9. The largest absolute Gasteiger partial charge is 0.421 e. The summed E-state index contributed by atoms with van der Waals surface area (Å²) in [5.74, 6) is 1.10. The molecule has 1 aliphatic heterocycles. The van der Waals surface area contributed by atoms with Crippen LogP contribution >= 0.6 is 0 Å². The lowest BCUT2D eigenvalue weighted by Crippen LogP contribution is -2.39. The molecule has 0 bridgehead atoms. The maximum absolute atomic E-state index is 12.8. The number of nitrogens with one attached hydrogen (secondary N) is 1. The van der Waals surface area contributed by atoms with E-state index in [9.17, 15) is 9.59 Å². The average molecular weight is 444 g/mol. The Labute approximate surface area is 190 Å². The summed E-state index contributed by atoms with van der Waals surface area (Å²) in [5.41, 5.74) is 2.06. The minimum absolute atomic E-state index is 0.164. The Morgan fingerprint density at radius 1 is 1.03 bits per heavy atom. The van der Waals surface area contributed by atoms with Crippen LogP contribution in [0.4, 0.5) is 11.5 Å². The van der Waals surface area contributed by atoms with Gasteiger partial charge in [-0.25, -0.2) is 9.48 Å². The minimum Gasteiger partial charge on any atom is -0.421 e. The zero-order chi connectivity index (χ0) is 22.9. The minimum atomic E-state index is -0.544. The van der Waals surface area contributed by atoms with Gasteiger partial charge in [-0.3, -0.25) is 4.79 Å². The highest BCUT2D eigenvalue weighted by Gasteiger charge is 2.26. The van der Waals surface area contributed by atoms with Crippen LogP contribution in [-0.4, -0.2) is 39.0 Å². The van der Waals surface area contributed by atoms with Gasteiger partial charge in [0.25, 0.3) is 0 Å². The number of hydrogen-bond donors (Lipinski definition) is 1. The maximum atomic E-state index is 12.8. The van der Waals surface area contributed by atoms with E-state index in [1.165, 1.54) is 0 Å². The smallest absolute Gasteiger partial charge is 0.360 e. The van der Waals surface area contributed by atoms with Crippen molar-refractivity contribution in [2.45, 2.75) is 26.7 Å². The molecule has 9 heteroatoms. The monoisotopic (exact) mass is 444 g/mol. The average Bonchev–Trinajstić information content (AvgIpc) is 3.17. The molecule has 1 aliphatic rings. The maximum Gasteiger partial charge on any atom is 0.360 e. The first kappa shape index (κ1) is 20.9. The highest BCUT2D eigenvalue weighted by Crippen LogP contribution is 2.24.